The number of hydrogen-bond acceptors (Lipinski definition) is 1. The van der Waals surface area contributed by atoms with Crippen molar-refractivity contribution in [1.29, 1.82) is 0 Å². The molecule has 0 amide bonds. The Bertz CT molecular complexity index is 104. The van der Waals surface area contributed by atoms with E-state index in [1.165, 1.54) is 19.3 Å². The first-order valence-electron chi connectivity index (χ1n) is 4.77. The van der Waals surface area contributed by atoms with Gasteiger partial charge in [-0.3, -0.25) is 0 Å². The molecule has 2 atom stereocenters. The molecule has 66 valence electrons. The van der Waals surface area contributed by atoms with Gasteiger partial charge in [-0.15, -0.1) is 0 Å². The highest BCUT2D eigenvalue weighted by atomic mass is 15.1. The molecule has 1 saturated carbocycles. The maximum Gasteiger partial charge on any atom is 0.00920 e. The normalized spacial score (nSPS) is 32.2. The van der Waals surface area contributed by atoms with Gasteiger partial charge in [0.2, 0.25) is 0 Å². The fraction of sp³-hybridized carbons (Fsp3) is 1.00. The summed E-state index contributed by atoms with van der Waals surface area (Å²) >= 11 is 0. The van der Waals surface area contributed by atoms with E-state index in [-0.39, 0.29) is 0 Å². The van der Waals surface area contributed by atoms with Gasteiger partial charge in [0.15, 0.2) is 0 Å². The Morgan fingerprint density at radius 1 is 1.18 bits per heavy atom. The predicted molar refractivity (Wildman–Crippen MR) is 49.7 cm³/mol. The Morgan fingerprint density at radius 3 is 2.09 bits per heavy atom. The third kappa shape index (κ3) is 2.19. The topological polar surface area (TPSA) is 3.24 Å². The van der Waals surface area contributed by atoms with Crippen LogP contribution in [0.15, 0.2) is 0 Å². The van der Waals surface area contributed by atoms with Crippen molar-refractivity contribution in [3.63, 3.8) is 0 Å². The minimum atomic E-state index is 0.863. The van der Waals surface area contributed by atoms with Crippen molar-refractivity contribution >= 4 is 0 Å². The molecule has 0 N–H and O–H groups in total. The molecular weight excluding hydrogens is 134 g/mol. The van der Waals surface area contributed by atoms with E-state index in [4.69, 9.17) is 0 Å². The summed E-state index contributed by atoms with van der Waals surface area (Å²) in [5.41, 5.74) is 0. The van der Waals surface area contributed by atoms with Crippen molar-refractivity contribution in [3.8, 4) is 0 Å². The summed E-state index contributed by atoms with van der Waals surface area (Å²) in [5, 5.41) is 0. The molecule has 1 aliphatic rings. The van der Waals surface area contributed by atoms with E-state index in [1.807, 2.05) is 0 Å². The minimum absolute atomic E-state index is 0.863. The molecule has 1 unspecified atom stereocenters. The zero-order valence-corrected chi connectivity index (χ0v) is 8.30. The van der Waals surface area contributed by atoms with Crippen LogP contribution in [-0.4, -0.2) is 25.0 Å². The van der Waals surface area contributed by atoms with E-state index in [2.05, 4.69) is 32.8 Å². The second-order valence-corrected chi connectivity index (χ2v) is 4.43. The van der Waals surface area contributed by atoms with E-state index < -0.39 is 0 Å². The highest BCUT2D eigenvalue weighted by Crippen LogP contribution is 2.33. The van der Waals surface area contributed by atoms with Gasteiger partial charge in [0.1, 0.15) is 0 Å². The van der Waals surface area contributed by atoms with Crippen molar-refractivity contribution in [2.24, 2.45) is 11.8 Å². The Hall–Kier alpha value is -0.0400. The van der Waals surface area contributed by atoms with E-state index in [0.717, 1.165) is 17.9 Å². The van der Waals surface area contributed by atoms with Crippen LogP contribution in [0.3, 0.4) is 0 Å². The van der Waals surface area contributed by atoms with E-state index in [0.29, 0.717) is 0 Å². The second-order valence-electron chi connectivity index (χ2n) is 4.43. The zero-order chi connectivity index (χ0) is 8.43. The summed E-state index contributed by atoms with van der Waals surface area (Å²) in [5.74, 6) is 1.88. The molecule has 0 aliphatic heterocycles. The molecule has 0 heterocycles. The van der Waals surface area contributed by atoms with Crippen molar-refractivity contribution in [1.82, 2.24) is 4.90 Å². The number of rotatable bonds is 2. The lowest BCUT2D eigenvalue weighted by Crippen LogP contribution is -2.25. The molecule has 0 radical (unpaired) electrons. The highest BCUT2D eigenvalue weighted by molar-refractivity contribution is 4.81. The molecule has 0 aromatic rings. The van der Waals surface area contributed by atoms with Gasteiger partial charge in [0.05, 0.1) is 0 Å². The minimum Gasteiger partial charge on any atom is -0.306 e. The van der Waals surface area contributed by atoms with Crippen LogP contribution in [0.4, 0.5) is 0 Å². The molecule has 1 nitrogen and oxygen atoms in total. The molecule has 0 aromatic heterocycles. The van der Waals surface area contributed by atoms with Crippen LogP contribution in [0.2, 0.25) is 0 Å². The second kappa shape index (κ2) is 3.57. The van der Waals surface area contributed by atoms with Gasteiger partial charge in [-0.05, 0) is 45.2 Å². The fourth-order valence-corrected chi connectivity index (χ4v) is 2.07. The number of hydrogen-bond donors (Lipinski definition) is 0. The highest BCUT2D eigenvalue weighted by Gasteiger charge is 2.27. The van der Waals surface area contributed by atoms with Crippen LogP contribution in [-0.2, 0) is 0 Å². The van der Waals surface area contributed by atoms with Crippen molar-refractivity contribution in [3.05, 3.63) is 0 Å². The molecule has 0 bridgehead atoms. The summed E-state index contributed by atoms with van der Waals surface area (Å²) in [6, 6.07) is 0.863. The lowest BCUT2D eigenvalue weighted by molar-refractivity contribution is 0.279. The molecule has 1 fully saturated rings. The summed E-state index contributed by atoms with van der Waals surface area (Å²) in [6.07, 6.45) is 4.28. The molecule has 11 heavy (non-hydrogen) atoms. The zero-order valence-electron chi connectivity index (χ0n) is 8.30. The fourth-order valence-electron chi connectivity index (χ4n) is 2.07. The van der Waals surface area contributed by atoms with Gasteiger partial charge >= 0.3 is 0 Å². The predicted octanol–water partition coefficient (Wildman–Crippen LogP) is 2.37. The van der Waals surface area contributed by atoms with Gasteiger partial charge in [0, 0.05) is 6.04 Å². The summed E-state index contributed by atoms with van der Waals surface area (Å²) < 4.78 is 0. The smallest absolute Gasteiger partial charge is 0.00920 e. The molecule has 1 heteroatoms. The molecule has 0 saturated heterocycles. The Kier molecular flexibility index (Phi) is 2.94. The molecule has 0 aromatic carbocycles. The molecular formula is C10H21N. The lowest BCUT2D eigenvalue weighted by Gasteiger charge is -2.20. The van der Waals surface area contributed by atoms with Crippen molar-refractivity contribution < 1.29 is 0 Å². The average molecular weight is 155 g/mol. The number of nitrogens with zero attached hydrogens (tertiary/aromatic N) is 1. The standard InChI is InChI=1S/C10H21N/c1-8(2)9-5-6-10(7-9)11(3)4/h8-10H,5-7H2,1-4H3/t9-,10?/m1/s1. The van der Waals surface area contributed by atoms with Gasteiger partial charge in [-0.25, -0.2) is 0 Å². The first-order valence-corrected chi connectivity index (χ1v) is 4.77. The third-order valence-electron chi connectivity index (χ3n) is 3.12. The van der Waals surface area contributed by atoms with Gasteiger partial charge in [-0.2, -0.15) is 0 Å². The average Bonchev–Trinajstić information content (AvgIpc) is 2.33. The summed E-state index contributed by atoms with van der Waals surface area (Å²) in [6.45, 7) is 4.70. The van der Waals surface area contributed by atoms with E-state index >= 15 is 0 Å². The van der Waals surface area contributed by atoms with Gasteiger partial charge < -0.3 is 4.90 Å². The Labute approximate surface area is 70.8 Å². The van der Waals surface area contributed by atoms with Crippen LogP contribution < -0.4 is 0 Å². The van der Waals surface area contributed by atoms with Crippen LogP contribution in [0, 0.1) is 11.8 Å². The van der Waals surface area contributed by atoms with E-state index in [9.17, 15) is 0 Å². The van der Waals surface area contributed by atoms with Gasteiger partial charge in [0.25, 0.3) is 0 Å². The molecule has 0 spiro atoms. The third-order valence-corrected chi connectivity index (χ3v) is 3.12. The molecule has 1 rings (SSSR count). The maximum atomic E-state index is 2.38. The largest absolute Gasteiger partial charge is 0.306 e. The van der Waals surface area contributed by atoms with Crippen molar-refractivity contribution in [2.45, 2.75) is 39.2 Å². The first-order chi connectivity index (χ1) is 5.11. The van der Waals surface area contributed by atoms with Crippen LogP contribution in [0.1, 0.15) is 33.1 Å². The summed E-state index contributed by atoms with van der Waals surface area (Å²) in [4.78, 5) is 2.38. The lowest BCUT2D eigenvalue weighted by atomic mass is 9.94. The quantitative estimate of drug-likeness (QED) is 0.592. The Morgan fingerprint density at radius 2 is 1.82 bits per heavy atom. The van der Waals surface area contributed by atoms with Crippen molar-refractivity contribution in [2.75, 3.05) is 14.1 Å². The van der Waals surface area contributed by atoms with Gasteiger partial charge in [-0.1, -0.05) is 13.8 Å². The van der Waals surface area contributed by atoms with E-state index in [1.54, 1.807) is 0 Å². The Balaban J connectivity index is 2.35. The van der Waals surface area contributed by atoms with Crippen LogP contribution in [0.5, 0.6) is 0 Å². The van der Waals surface area contributed by atoms with Crippen LogP contribution >= 0.6 is 0 Å². The monoisotopic (exact) mass is 155 g/mol. The maximum absolute atomic E-state index is 2.38. The first kappa shape index (κ1) is 9.05. The van der Waals surface area contributed by atoms with Crippen LogP contribution in [0.25, 0.3) is 0 Å². The SMILES string of the molecule is CC(C)[C@@H]1CCC(N(C)C)C1. The summed E-state index contributed by atoms with van der Waals surface area (Å²) in [7, 11) is 4.40. The molecule has 1 aliphatic carbocycles.